The predicted molar refractivity (Wildman–Crippen MR) is 65.3 cm³/mol. The molecule has 0 saturated carbocycles. The molecule has 1 aromatic rings. The molecule has 0 heterocycles. The van der Waals surface area contributed by atoms with Gasteiger partial charge in [0.2, 0.25) is 0 Å². The quantitative estimate of drug-likeness (QED) is 0.782. The van der Waals surface area contributed by atoms with Gasteiger partial charge in [-0.05, 0) is 37.6 Å². The Morgan fingerprint density at radius 1 is 1.38 bits per heavy atom. The van der Waals surface area contributed by atoms with Crippen LogP contribution in [0.3, 0.4) is 0 Å². The number of nitrogens with two attached hydrogens (primary N) is 2. The van der Waals surface area contributed by atoms with Gasteiger partial charge in [-0.15, -0.1) is 0 Å². The molecule has 0 radical (unpaired) electrons. The van der Waals surface area contributed by atoms with Crippen molar-refractivity contribution >= 4 is 15.9 Å². The van der Waals surface area contributed by atoms with Crippen LogP contribution in [0.1, 0.15) is 12.0 Å². The van der Waals surface area contributed by atoms with Gasteiger partial charge in [0.15, 0.2) is 0 Å². The van der Waals surface area contributed by atoms with Gasteiger partial charge >= 0.3 is 0 Å². The highest BCUT2D eigenvalue weighted by molar-refractivity contribution is 7.90. The molecule has 0 spiro atoms. The number of hydrogen-bond donors (Lipinski definition) is 2. The van der Waals surface area contributed by atoms with Crippen LogP contribution in [0.25, 0.3) is 0 Å². The van der Waals surface area contributed by atoms with Crippen molar-refractivity contribution < 1.29 is 8.42 Å². The van der Waals surface area contributed by atoms with Crippen LogP contribution in [-0.2, 0) is 10.2 Å². The molecular weight excluding hydrogens is 226 g/mol. The molecule has 1 rings (SSSR count). The SMILES string of the molecule is Cc1cccc(N(CCCN)S(N)(=O)=O)c1. The molecule has 4 N–H and O–H groups in total. The first kappa shape index (κ1) is 13.0. The van der Waals surface area contributed by atoms with Crippen molar-refractivity contribution in [2.45, 2.75) is 13.3 Å². The third-order valence-corrected chi connectivity index (χ3v) is 3.17. The summed E-state index contributed by atoms with van der Waals surface area (Å²) in [5, 5.41) is 5.16. The summed E-state index contributed by atoms with van der Waals surface area (Å²) in [6.45, 7) is 2.63. The average molecular weight is 243 g/mol. The summed E-state index contributed by atoms with van der Waals surface area (Å²) < 4.78 is 24.0. The highest BCUT2D eigenvalue weighted by Crippen LogP contribution is 2.17. The maximum absolute atomic E-state index is 11.4. The maximum atomic E-state index is 11.4. The molecule has 0 aliphatic carbocycles. The van der Waals surface area contributed by atoms with E-state index in [4.69, 9.17) is 10.9 Å². The second kappa shape index (κ2) is 5.29. The van der Waals surface area contributed by atoms with Crippen molar-refractivity contribution in [2.24, 2.45) is 10.9 Å². The maximum Gasteiger partial charge on any atom is 0.298 e. The fourth-order valence-corrected chi connectivity index (χ4v) is 2.21. The minimum absolute atomic E-state index is 0.304. The molecule has 0 fully saturated rings. The lowest BCUT2D eigenvalue weighted by Gasteiger charge is -2.21. The summed E-state index contributed by atoms with van der Waals surface area (Å²) >= 11 is 0. The van der Waals surface area contributed by atoms with E-state index in [2.05, 4.69) is 0 Å². The molecule has 0 atom stereocenters. The fraction of sp³-hybridized carbons (Fsp3) is 0.400. The van der Waals surface area contributed by atoms with Crippen LogP contribution in [0.5, 0.6) is 0 Å². The molecule has 0 aromatic heterocycles. The minimum Gasteiger partial charge on any atom is -0.330 e. The second-order valence-electron chi connectivity index (χ2n) is 3.60. The van der Waals surface area contributed by atoms with Crippen LogP contribution in [0.15, 0.2) is 24.3 Å². The largest absolute Gasteiger partial charge is 0.330 e. The summed E-state index contributed by atoms with van der Waals surface area (Å²) in [7, 11) is -3.73. The molecule has 0 aliphatic heterocycles. The Labute approximate surface area is 96.2 Å². The van der Waals surface area contributed by atoms with E-state index < -0.39 is 10.2 Å². The van der Waals surface area contributed by atoms with Crippen LogP contribution in [-0.4, -0.2) is 21.5 Å². The van der Waals surface area contributed by atoms with Crippen molar-refractivity contribution in [3.8, 4) is 0 Å². The highest BCUT2D eigenvalue weighted by Gasteiger charge is 2.16. The van der Waals surface area contributed by atoms with E-state index in [0.29, 0.717) is 25.2 Å². The van der Waals surface area contributed by atoms with E-state index in [1.165, 1.54) is 4.31 Å². The van der Waals surface area contributed by atoms with Gasteiger partial charge in [0.1, 0.15) is 0 Å². The first-order chi connectivity index (χ1) is 7.45. The van der Waals surface area contributed by atoms with Gasteiger partial charge in [0.25, 0.3) is 10.2 Å². The van der Waals surface area contributed by atoms with Crippen LogP contribution < -0.4 is 15.2 Å². The molecule has 1 aromatic carbocycles. The standard InChI is InChI=1S/C10H17N3O2S/c1-9-4-2-5-10(8-9)13(7-3-6-11)16(12,14)15/h2,4-5,8H,3,6-7,11H2,1H3,(H2,12,14,15). The van der Waals surface area contributed by atoms with Crippen molar-refractivity contribution in [3.05, 3.63) is 29.8 Å². The molecule has 6 heteroatoms. The normalized spacial score (nSPS) is 11.4. The summed E-state index contributed by atoms with van der Waals surface area (Å²) in [6, 6.07) is 7.19. The van der Waals surface area contributed by atoms with Crippen molar-refractivity contribution in [2.75, 3.05) is 17.4 Å². The number of hydrogen-bond acceptors (Lipinski definition) is 3. The molecular formula is C10H17N3O2S. The number of anilines is 1. The van der Waals surface area contributed by atoms with E-state index in [0.717, 1.165) is 5.56 Å². The predicted octanol–water partition coefficient (Wildman–Crippen LogP) is 0.354. The van der Waals surface area contributed by atoms with E-state index in [1.54, 1.807) is 18.2 Å². The zero-order chi connectivity index (χ0) is 12.2. The fourth-order valence-electron chi connectivity index (χ4n) is 1.42. The van der Waals surface area contributed by atoms with Crippen LogP contribution in [0, 0.1) is 6.92 Å². The second-order valence-corrected chi connectivity index (χ2v) is 5.07. The third kappa shape index (κ3) is 3.48. The molecule has 0 saturated heterocycles. The van der Waals surface area contributed by atoms with E-state index in [1.807, 2.05) is 13.0 Å². The Morgan fingerprint density at radius 2 is 2.06 bits per heavy atom. The first-order valence-electron chi connectivity index (χ1n) is 5.02. The average Bonchev–Trinajstić information content (AvgIpc) is 2.16. The van der Waals surface area contributed by atoms with Crippen LogP contribution >= 0.6 is 0 Å². The van der Waals surface area contributed by atoms with E-state index >= 15 is 0 Å². The molecule has 5 nitrogen and oxygen atoms in total. The van der Waals surface area contributed by atoms with Gasteiger partial charge in [-0.25, -0.2) is 5.14 Å². The van der Waals surface area contributed by atoms with Crippen LogP contribution in [0.2, 0.25) is 0 Å². The smallest absolute Gasteiger partial charge is 0.298 e. The summed E-state index contributed by atoms with van der Waals surface area (Å²) in [4.78, 5) is 0. The third-order valence-electron chi connectivity index (χ3n) is 2.16. The lowest BCUT2D eigenvalue weighted by atomic mass is 10.2. The number of benzene rings is 1. The highest BCUT2D eigenvalue weighted by atomic mass is 32.2. The van der Waals surface area contributed by atoms with E-state index in [-0.39, 0.29) is 0 Å². The van der Waals surface area contributed by atoms with Crippen molar-refractivity contribution in [1.82, 2.24) is 0 Å². The van der Waals surface area contributed by atoms with Gasteiger partial charge in [-0.3, -0.25) is 4.31 Å². The minimum atomic E-state index is -3.73. The summed E-state index contributed by atoms with van der Waals surface area (Å²) in [5.74, 6) is 0. The first-order valence-corrected chi connectivity index (χ1v) is 6.52. The Kier molecular flexibility index (Phi) is 4.28. The molecule has 0 amide bonds. The Morgan fingerprint density at radius 3 is 2.56 bits per heavy atom. The van der Waals surface area contributed by atoms with Crippen molar-refractivity contribution in [3.63, 3.8) is 0 Å². The molecule has 0 bridgehead atoms. The van der Waals surface area contributed by atoms with Gasteiger partial charge in [0, 0.05) is 6.54 Å². The molecule has 0 aliphatic rings. The van der Waals surface area contributed by atoms with Crippen molar-refractivity contribution in [1.29, 1.82) is 0 Å². The Bertz CT molecular complexity index is 445. The molecule has 90 valence electrons. The van der Waals surface area contributed by atoms with Gasteiger partial charge in [-0.1, -0.05) is 12.1 Å². The number of rotatable bonds is 5. The lowest BCUT2D eigenvalue weighted by molar-refractivity contribution is 0.591. The molecule has 0 unspecified atom stereocenters. The molecule has 16 heavy (non-hydrogen) atoms. The van der Waals surface area contributed by atoms with Gasteiger partial charge in [-0.2, -0.15) is 8.42 Å². The summed E-state index contributed by atoms with van der Waals surface area (Å²) in [6.07, 6.45) is 0.574. The Hall–Kier alpha value is -1.11. The number of nitrogens with zero attached hydrogens (tertiary/aromatic N) is 1. The summed E-state index contributed by atoms with van der Waals surface area (Å²) in [5.41, 5.74) is 6.93. The zero-order valence-electron chi connectivity index (χ0n) is 9.26. The van der Waals surface area contributed by atoms with E-state index in [9.17, 15) is 8.42 Å². The van der Waals surface area contributed by atoms with Crippen LogP contribution in [0.4, 0.5) is 5.69 Å². The zero-order valence-corrected chi connectivity index (χ0v) is 10.1. The lowest BCUT2D eigenvalue weighted by Crippen LogP contribution is -2.38. The van der Waals surface area contributed by atoms with Gasteiger partial charge in [0.05, 0.1) is 5.69 Å². The topological polar surface area (TPSA) is 89.4 Å². The monoisotopic (exact) mass is 243 g/mol. The Balaban J connectivity index is 3.02. The van der Waals surface area contributed by atoms with Gasteiger partial charge < -0.3 is 5.73 Å². The number of aryl methyl sites for hydroxylation is 1.